The molecule has 0 aliphatic heterocycles. The van der Waals surface area contributed by atoms with Crippen molar-refractivity contribution >= 4 is 28.3 Å². The van der Waals surface area contributed by atoms with Gasteiger partial charge in [0.25, 0.3) is 0 Å². The average Bonchev–Trinajstić information content (AvgIpc) is 2.83. The Kier molecular flexibility index (Phi) is 4.78. The number of aromatic nitrogens is 1. The number of hydrogen-bond acceptors (Lipinski definition) is 2. The zero-order valence-electron chi connectivity index (χ0n) is 13.8. The minimum atomic E-state index is -4.53. The predicted octanol–water partition coefficient (Wildman–Crippen LogP) is 6.82. The summed E-state index contributed by atoms with van der Waals surface area (Å²) in [7, 11) is 0. The fraction of sp³-hybridized carbons (Fsp3) is 0.316. The number of benzene rings is 1. The second-order valence-corrected chi connectivity index (χ2v) is 6.31. The van der Waals surface area contributed by atoms with E-state index in [4.69, 9.17) is 16.0 Å². The Hall–Kier alpha value is -2.01. The van der Waals surface area contributed by atoms with E-state index < -0.39 is 16.8 Å². The Bertz CT molecular complexity index is 890. The van der Waals surface area contributed by atoms with Crippen LogP contribution in [0.5, 0.6) is 0 Å². The number of alkyl halides is 3. The largest absolute Gasteiger partial charge is 0.436 e. The number of fused-ring (bicyclic) bond motifs is 1. The van der Waals surface area contributed by atoms with Crippen LogP contribution in [-0.2, 0) is 6.18 Å². The number of oxazole rings is 1. The van der Waals surface area contributed by atoms with Crippen LogP contribution in [0, 0.1) is 5.92 Å². The highest BCUT2D eigenvalue weighted by molar-refractivity contribution is 6.32. The Labute approximate surface area is 148 Å². The Balaban J connectivity index is 2.10. The summed E-state index contributed by atoms with van der Waals surface area (Å²) in [6, 6.07) is 2.11. The molecular formula is C19H17ClF3NO. The summed E-state index contributed by atoms with van der Waals surface area (Å²) in [5.41, 5.74) is 1.32. The minimum absolute atomic E-state index is 0.142. The number of allylic oxidation sites excluding steroid dienone is 6. The molecular weight excluding hydrogens is 351 g/mol. The molecule has 0 bridgehead atoms. The molecule has 0 radical (unpaired) electrons. The van der Waals surface area contributed by atoms with Gasteiger partial charge in [-0.1, -0.05) is 43.7 Å². The van der Waals surface area contributed by atoms with Gasteiger partial charge < -0.3 is 4.42 Å². The van der Waals surface area contributed by atoms with Gasteiger partial charge in [-0.05, 0) is 36.5 Å². The van der Waals surface area contributed by atoms with Crippen molar-refractivity contribution in [1.29, 1.82) is 0 Å². The van der Waals surface area contributed by atoms with Crippen LogP contribution in [0.1, 0.15) is 38.1 Å². The molecule has 6 heteroatoms. The quantitative estimate of drug-likeness (QED) is 0.595. The molecule has 0 N–H and O–H groups in total. The van der Waals surface area contributed by atoms with Gasteiger partial charge >= 0.3 is 6.18 Å². The van der Waals surface area contributed by atoms with E-state index in [0.717, 1.165) is 30.1 Å². The zero-order chi connectivity index (χ0) is 18.2. The van der Waals surface area contributed by atoms with Crippen molar-refractivity contribution in [3.05, 3.63) is 58.5 Å². The van der Waals surface area contributed by atoms with Crippen molar-refractivity contribution in [2.45, 2.75) is 32.9 Å². The van der Waals surface area contributed by atoms with Gasteiger partial charge in [0.1, 0.15) is 5.52 Å². The van der Waals surface area contributed by atoms with Gasteiger partial charge in [0.15, 0.2) is 5.58 Å². The third-order valence-electron chi connectivity index (χ3n) is 4.25. The first-order valence-corrected chi connectivity index (χ1v) is 8.48. The first-order valence-electron chi connectivity index (χ1n) is 8.10. The van der Waals surface area contributed by atoms with Gasteiger partial charge in [0.05, 0.1) is 10.6 Å². The van der Waals surface area contributed by atoms with Crippen molar-refractivity contribution in [1.82, 2.24) is 4.98 Å². The molecule has 0 amide bonds. The van der Waals surface area contributed by atoms with E-state index in [1.807, 2.05) is 19.1 Å². The Morgan fingerprint density at radius 1 is 1.24 bits per heavy atom. The maximum absolute atomic E-state index is 13.0. The van der Waals surface area contributed by atoms with Crippen molar-refractivity contribution in [2.24, 2.45) is 5.92 Å². The Morgan fingerprint density at radius 2 is 2.00 bits per heavy atom. The van der Waals surface area contributed by atoms with E-state index in [2.05, 4.69) is 24.1 Å². The van der Waals surface area contributed by atoms with E-state index in [0.29, 0.717) is 11.8 Å². The molecule has 2 aromatic rings. The summed E-state index contributed by atoms with van der Waals surface area (Å²) in [6.07, 6.45) is 5.28. The molecule has 1 aromatic heterocycles. The van der Waals surface area contributed by atoms with Gasteiger partial charge in [-0.15, -0.1) is 0 Å². The molecule has 1 atom stereocenters. The fourth-order valence-corrected chi connectivity index (χ4v) is 3.12. The third-order valence-corrected chi connectivity index (χ3v) is 4.56. The van der Waals surface area contributed by atoms with Crippen LogP contribution in [0.2, 0.25) is 5.02 Å². The molecule has 1 unspecified atom stereocenters. The lowest BCUT2D eigenvalue weighted by molar-refractivity contribution is -0.137. The molecule has 1 aromatic carbocycles. The highest BCUT2D eigenvalue weighted by Crippen LogP contribution is 2.38. The van der Waals surface area contributed by atoms with Crippen LogP contribution in [0.3, 0.4) is 0 Å². The smallest absolute Gasteiger partial charge is 0.417 e. The zero-order valence-corrected chi connectivity index (χ0v) is 14.6. The Morgan fingerprint density at radius 3 is 2.64 bits per heavy atom. The maximum Gasteiger partial charge on any atom is 0.417 e. The lowest BCUT2D eigenvalue weighted by atomic mass is 9.98. The summed E-state index contributed by atoms with van der Waals surface area (Å²) >= 11 is 5.76. The van der Waals surface area contributed by atoms with Crippen molar-refractivity contribution < 1.29 is 17.6 Å². The second kappa shape index (κ2) is 6.71. The van der Waals surface area contributed by atoms with Gasteiger partial charge in [-0.25, -0.2) is 4.98 Å². The van der Waals surface area contributed by atoms with Crippen molar-refractivity contribution in [3.8, 4) is 0 Å². The molecule has 0 saturated carbocycles. The minimum Gasteiger partial charge on any atom is -0.436 e. The monoisotopic (exact) mass is 367 g/mol. The lowest BCUT2D eigenvalue weighted by Crippen LogP contribution is -2.05. The topological polar surface area (TPSA) is 26.0 Å². The summed E-state index contributed by atoms with van der Waals surface area (Å²) in [6.45, 7) is 4.13. The first kappa shape index (κ1) is 17.8. The maximum atomic E-state index is 13.0. The van der Waals surface area contributed by atoms with E-state index in [1.165, 1.54) is 6.07 Å². The summed E-state index contributed by atoms with van der Waals surface area (Å²) in [5.74, 6) is 0.624. The van der Waals surface area contributed by atoms with Gasteiger partial charge in [0.2, 0.25) is 5.89 Å². The number of hydrogen-bond donors (Lipinski definition) is 0. The summed E-state index contributed by atoms with van der Waals surface area (Å²) in [4.78, 5) is 4.27. The second-order valence-electron chi connectivity index (χ2n) is 5.90. The SMILES string of the molecule is CCC1=CC(CC)C=CC=C1c1nc2cc(C(F)(F)F)c(Cl)cc2o1. The van der Waals surface area contributed by atoms with Gasteiger partial charge in [-0.2, -0.15) is 13.2 Å². The molecule has 0 saturated heterocycles. The molecule has 0 spiro atoms. The third kappa shape index (κ3) is 3.52. The molecule has 1 aliphatic carbocycles. The molecule has 25 heavy (non-hydrogen) atoms. The average molecular weight is 368 g/mol. The van der Waals surface area contributed by atoms with Crippen LogP contribution in [-0.4, -0.2) is 4.98 Å². The van der Waals surface area contributed by atoms with Crippen LogP contribution >= 0.6 is 11.6 Å². The summed E-state index contributed by atoms with van der Waals surface area (Å²) < 4.78 is 44.8. The standard InChI is InChI=1S/C19H17ClF3NO/c1-3-11-6-5-7-13(12(4-2)8-11)18-24-16-9-14(19(21,22)23)15(20)10-17(16)25-18/h5-11H,3-4H2,1-2H3. The predicted molar refractivity (Wildman–Crippen MR) is 93.3 cm³/mol. The number of rotatable bonds is 3. The first-order chi connectivity index (χ1) is 11.8. The van der Waals surface area contributed by atoms with Crippen LogP contribution in [0.4, 0.5) is 13.2 Å². The van der Waals surface area contributed by atoms with Gasteiger partial charge in [-0.3, -0.25) is 0 Å². The lowest BCUT2D eigenvalue weighted by Gasteiger charge is -2.08. The van der Waals surface area contributed by atoms with E-state index >= 15 is 0 Å². The molecule has 2 nitrogen and oxygen atoms in total. The number of nitrogens with zero attached hydrogens (tertiary/aromatic N) is 1. The number of halogens is 4. The van der Waals surface area contributed by atoms with Crippen LogP contribution in [0.15, 0.2) is 46.4 Å². The van der Waals surface area contributed by atoms with Crippen molar-refractivity contribution in [2.75, 3.05) is 0 Å². The van der Waals surface area contributed by atoms with E-state index in [1.54, 1.807) is 0 Å². The van der Waals surface area contributed by atoms with Crippen LogP contribution < -0.4 is 0 Å². The van der Waals surface area contributed by atoms with Gasteiger partial charge in [0, 0.05) is 11.6 Å². The molecule has 1 heterocycles. The highest BCUT2D eigenvalue weighted by Gasteiger charge is 2.34. The fourth-order valence-electron chi connectivity index (χ4n) is 2.86. The van der Waals surface area contributed by atoms with Crippen molar-refractivity contribution in [3.63, 3.8) is 0 Å². The molecule has 0 fully saturated rings. The molecule has 132 valence electrons. The van der Waals surface area contributed by atoms with E-state index in [-0.39, 0.29) is 11.1 Å². The van der Waals surface area contributed by atoms with E-state index in [9.17, 15) is 13.2 Å². The molecule has 1 aliphatic rings. The summed E-state index contributed by atoms with van der Waals surface area (Å²) in [5, 5.41) is -0.394. The molecule has 3 rings (SSSR count). The normalized spacial score (nSPS) is 18.2. The van der Waals surface area contributed by atoms with Crippen LogP contribution in [0.25, 0.3) is 16.7 Å². The highest BCUT2D eigenvalue weighted by atomic mass is 35.5.